The van der Waals surface area contributed by atoms with Gasteiger partial charge in [-0.3, -0.25) is 14.8 Å². The second kappa shape index (κ2) is 5.01. The van der Waals surface area contributed by atoms with E-state index in [0.29, 0.717) is 5.82 Å². The zero-order chi connectivity index (χ0) is 13.1. The van der Waals surface area contributed by atoms with E-state index in [2.05, 4.69) is 15.1 Å². The van der Waals surface area contributed by atoms with Gasteiger partial charge in [-0.25, -0.2) is 0 Å². The molecule has 18 heavy (non-hydrogen) atoms. The summed E-state index contributed by atoms with van der Waals surface area (Å²) in [5, 5.41) is 7.76. The summed E-state index contributed by atoms with van der Waals surface area (Å²) in [6.45, 7) is 2.02. The van der Waals surface area contributed by atoms with E-state index in [1.54, 1.807) is 24.6 Å². The number of hydrogen-bond donors (Lipinski definition) is 2. The summed E-state index contributed by atoms with van der Waals surface area (Å²) in [5.74, 6) is 0.479. The van der Waals surface area contributed by atoms with E-state index in [9.17, 15) is 4.79 Å². The lowest BCUT2D eigenvalue weighted by atomic mass is 10.3. The zero-order valence-corrected chi connectivity index (χ0v) is 10.9. The van der Waals surface area contributed by atoms with Gasteiger partial charge in [0.05, 0.1) is 6.21 Å². The summed E-state index contributed by atoms with van der Waals surface area (Å²) in [5.41, 5.74) is 6.36. The number of nitrogen functional groups attached to an aromatic ring is 1. The number of hydrogen-bond acceptors (Lipinski definition) is 6. The molecule has 0 saturated heterocycles. The monoisotopic (exact) mass is 263 g/mol. The molecule has 3 N–H and O–H groups in total. The van der Waals surface area contributed by atoms with Gasteiger partial charge in [0.1, 0.15) is 0 Å². The van der Waals surface area contributed by atoms with Crippen molar-refractivity contribution in [1.29, 1.82) is 0 Å². The van der Waals surface area contributed by atoms with Gasteiger partial charge in [0, 0.05) is 18.0 Å². The third-order valence-electron chi connectivity index (χ3n) is 2.19. The molecule has 0 saturated carbocycles. The van der Waals surface area contributed by atoms with Crippen LogP contribution in [0.3, 0.4) is 0 Å². The Morgan fingerprint density at radius 3 is 2.94 bits per heavy atom. The Balaban J connectivity index is 2.18. The minimum absolute atomic E-state index is 0.0755. The van der Waals surface area contributed by atoms with Crippen molar-refractivity contribution < 1.29 is 0 Å². The SMILES string of the molecule is Cc1csc(/C=N/N(C)c2cc(=O)[nH]c(N)n2)c1. The first-order chi connectivity index (χ1) is 8.54. The fraction of sp³-hybridized carbons (Fsp3) is 0.182. The van der Waals surface area contributed by atoms with Crippen molar-refractivity contribution in [3.8, 4) is 0 Å². The highest BCUT2D eigenvalue weighted by Crippen LogP contribution is 2.12. The predicted molar refractivity (Wildman–Crippen MR) is 74.3 cm³/mol. The Morgan fingerprint density at radius 1 is 1.56 bits per heavy atom. The molecular weight excluding hydrogens is 250 g/mol. The molecule has 0 unspecified atom stereocenters. The minimum Gasteiger partial charge on any atom is -0.369 e. The number of anilines is 2. The molecule has 0 aliphatic heterocycles. The molecule has 0 radical (unpaired) electrons. The number of H-pyrrole nitrogens is 1. The number of aromatic nitrogens is 2. The normalized spacial score (nSPS) is 11.0. The molecule has 0 fully saturated rings. The van der Waals surface area contributed by atoms with Crippen molar-refractivity contribution in [2.24, 2.45) is 5.10 Å². The van der Waals surface area contributed by atoms with Crippen molar-refractivity contribution in [2.75, 3.05) is 17.8 Å². The maximum atomic E-state index is 11.2. The van der Waals surface area contributed by atoms with Gasteiger partial charge < -0.3 is 5.73 Å². The molecule has 2 aromatic rings. The van der Waals surface area contributed by atoms with Crippen molar-refractivity contribution in [3.63, 3.8) is 0 Å². The van der Waals surface area contributed by atoms with Crippen LogP contribution in [0.5, 0.6) is 0 Å². The molecule has 0 atom stereocenters. The first-order valence-electron chi connectivity index (χ1n) is 5.24. The number of aryl methyl sites for hydroxylation is 1. The Bertz CT molecular complexity index is 630. The number of nitrogens with two attached hydrogens (primary N) is 1. The molecule has 6 nitrogen and oxygen atoms in total. The molecule has 2 aromatic heterocycles. The van der Waals surface area contributed by atoms with E-state index in [1.165, 1.54) is 16.6 Å². The first-order valence-corrected chi connectivity index (χ1v) is 6.12. The second-order valence-corrected chi connectivity index (χ2v) is 4.73. The van der Waals surface area contributed by atoms with Crippen LogP contribution in [-0.2, 0) is 0 Å². The molecular formula is C11H13N5OS. The van der Waals surface area contributed by atoms with Crippen LogP contribution < -0.4 is 16.3 Å². The Labute approximate surface area is 108 Å². The average Bonchev–Trinajstić information content (AvgIpc) is 2.70. The van der Waals surface area contributed by atoms with Crippen LogP contribution >= 0.6 is 11.3 Å². The smallest absolute Gasteiger partial charge is 0.254 e. The highest BCUT2D eigenvalue weighted by atomic mass is 32.1. The van der Waals surface area contributed by atoms with Crippen LogP contribution in [0.2, 0.25) is 0 Å². The molecule has 0 spiro atoms. The van der Waals surface area contributed by atoms with Crippen LogP contribution in [0.1, 0.15) is 10.4 Å². The largest absolute Gasteiger partial charge is 0.369 e. The number of thiophene rings is 1. The van der Waals surface area contributed by atoms with Crippen LogP contribution in [0.4, 0.5) is 11.8 Å². The first kappa shape index (κ1) is 12.3. The van der Waals surface area contributed by atoms with Gasteiger partial charge >= 0.3 is 0 Å². The molecule has 0 aromatic carbocycles. The summed E-state index contributed by atoms with van der Waals surface area (Å²) >= 11 is 1.60. The third-order valence-corrected chi connectivity index (χ3v) is 3.17. The lowest BCUT2D eigenvalue weighted by molar-refractivity contribution is 0.965. The summed E-state index contributed by atoms with van der Waals surface area (Å²) in [6, 6.07) is 3.37. The zero-order valence-electron chi connectivity index (χ0n) is 10.0. The molecule has 2 rings (SSSR count). The summed E-state index contributed by atoms with van der Waals surface area (Å²) in [6.07, 6.45) is 1.72. The van der Waals surface area contributed by atoms with E-state index < -0.39 is 0 Å². The number of rotatable bonds is 3. The topological polar surface area (TPSA) is 87.4 Å². The number of aromatic amines is 1. The van der Waals surface area contributed by atoms with Gasteiger partial charge in [-0.1, -0.05) is 0 Å². The number of hydrazone groups is 1. The summed E-state index contributed by atoms with van der Waals surface area (Å²) in [7, 11) is 1.71. The maximum absolute atomic E-state index is 11.2. The Morgan fingerprint density at radius 2 is 2.33 bits per heavy atom. The molecule has 2 heterocycles. The lowest BCUT2D eigenvalue weighted by Gasteiger charge is -2.10. The van der Waals surface area contributed by atoms with Gasteiger partial charge in [-0.05, 0) is 23.9 Å². The van der Waals surface area contributed by atoms with E-state index in [4.69, 9.17) is 5.73 Å². The van der Waals surface area contributed by atoms with Gasteiger partial charge in [0.2, 0.25) is 5.95 Å². The van der Waals surface area contributed by atoms with E-state index in [1.807, 2.05) is 18.4 Å². The van der Waals surface area contributed by atoms with E-state index in [-0.39, 0.29) is 11.5 Å². The van der Waals surface area contributed by atoms with Gasteiger partial charge in [-0.15, -0.1) is 11.3 Å². The maximum Gasteiger partial charge on any atom is 0.254 e. The van der Waals surface area contributed by atoms with Crippen molar-refractivity contribution in [1.82, 2.24) is 9.97 Å². The van der Waals surface area contributed by atoms with Crippen LogP contribution in [0, 0.1) is 6.92 Å². The number of nitrogens with zero attached hydrogens (tertiary/aromatic N) is 3. The van der Waals surface area contributed by atoms with Gasteiger partial charge in [0.25, 0.3) is 5.56 Å². The highest BCUT2D eigenvalue weighted by Gasteiger charge is 2.03. The van der Waals surface area contributed by atoms with Crippen LogP contribution in [-0.4, -0.2) is 23.2 Å². The quantitative estimate of drug-likeness (QED) is 0.643. The molecule has 0 amide bonds. The Kier molecular flexibility index (Phi) is 3.42. The second-order valence-electron chi connectivity index (χ2n) is 3.78. The lowest BCUT2D eigenvalue weighted by Crippen LogP contribution is -2.17. The van der Waals surface area contributed by atoms with Crippen molar-refractivity contribution in [2.45, 2.75) is 6.92 Å². The average molecular weight is 263 g/mol. The Hall–Kier alpha value is -2.15. The summed E-state index contributed by atoms with van der Waals surface area (Å²) < 4.78 is 0. The third kappa shape index (κ3) is 2.95. The van der Waals surface area contributed by atoms with Crippen LogP contribution in [0.25, 0.3) is 0 Å². The van der Waals surface area contributed by atoms with E-state index >= 15 is 0 Å². The van der Waals surface area contributed by atoms with Gasteiger partial charge in [-0.2, -0.15) is 10.1 Å². The van der Waals surface area contributed by atoms with Gasteiger partial charge in [0.15, 0.2) is 5.82 Å². The van der Waals surface area contributed by atoms with Crippen molar-refractivity contribution in [3.05, 3.63) is 38.3 Å². The summed E-state index contributed by atoms with van der Waals surface area (Å²) in [4.78, 5) is 18.6. The van der Waals surface area contributed by atoms with Crippen LogP contribution in [0.15, 0.2) is 27.4 Å². The van der Waals surface area contributed by atoms with E-state index in [0.717, 1.165) is 4.88 Å². The predicted octanol–water partition coefficient (Wildman–Crippen LogP) is 1.19. The fourth-order valence-electron chi connectivity index (χ4n) is 1.35. The number of nitrogens with one attached hydrogen (secondary N) is 1. The highest BCUT2D eigenvalue weighted by molar-refractivity contribution is 7.11. The molecule has 0 bridgehead atoms. The van der Waals surface area contributed by atoms with Crippen molar-refractivity contribution >= 4 is 29.3 Å². The minimum atomic E-state index is -0.300. The fourth-order valence-corrected chi connectivity index (χ4v) is 2.10. The molecule has 7 heteroatoms. The molecule has 0 aliphatic carbocycles. The molecule has 94 valence electrons. The standard InChI is InChI=1S/C11H13N5OS/c1-7-3-8(18-6-7)5-13-16(2)9-4-10(17)15-11(12)14-9/h3-6H,1-2H3,(H3,12,14,15,17)/b13-5+. The molecule has 0 aliphatic rings.